The van der Waals surface area contributed by atoms with Gasteiger partial charge in [-0.2, -0.15) is 0 Å². The highest BCUT2D eigenvalue weighted by Crippen LogP contribution is 2.41. The van der Waals surface area contributed by atoms with Crippen LogP contribution in [0.5, 0.6) is 0 Å². The molecular weight excluding hydrogens is 214 g/mol. The Labute approximate surface area is 81.1 Å². The average molecular weight is 226 g/mol. The second-order valence-electron chi connectivity index (χ2n) is 3.51. The maximum absolute atomic E-state index is 5.80. The van der Waals surface area contributed by atoms with Crippen molar-refractivity contribution in [3.8, 4) is 0 Å². The van der Waals surface area contributed by atoms with E-state index in [1.165, 1.54) is 11.1 Å². The Kier molecular flexibility index (Phi) is 1.97. The van der Waals surface area contributed by atoms with Crippen molar-refractivity contribution in [1.29, 1.82) is 0 Å². The van der Waals surface area contributed by atoms with Gasteiger partial charge >= 0.3 is 0 Å². The van der Waals surface area contributed by atoms with E-state index in [-0.39, 0.29) is 0 Å². The summed E-state index contributed by atoms with van der Waals surface area (Å²) in [5.41, 5.74) is 8.57. The zero-order valence-corrected chi connectivity index (χ0v) is 8.64. The first-order valence-electron chi connectivity index (χ1n) is 4.20. The number of hydrogen-bond acceptors (Lipinski definition) is 1. The summed E-state index contributed by atoms with van der Waals surface area (Å²) in [6, 6.07) is 6.81. The molecule has 2 N–H and O–H groups in total. The number of nitrogens with two attached hydrogens (primary N) is 1. The van der Waals surface area contributed by atoms with Crippen molar-refractivity contribution < 1.29 is 0 Å². The second-order valence-corrected chi connectivity index (χ2v) is 4.42. The summed E-state index contributed by atoms with van der Waals surface area (Å²) in [4.78, 5) is 0. The number of halogens is 1. The third-order valence-corrected chi connectivity index (χ3v) is 2.97. The number of aryl methyl sites for hydroxylation is 1. The van der Waals surface area contributed by atoms with Gasteiger partial charge in [-0.05, 0) is 36.6 Å². The molecule has 0 aliphatic heterocycles. The SMILES string of the molecule is Cc1ccc(Br)cc1C1CC1N. The highest BCUT2D eigenvalue weighted by atomic mass is 79.9. The number of benzene rings is 1. The summed E-state index contributed by atoms with van der Waals surface area (Å²) >= 11 is 3.47. The molecule has 1 aromatic carbocycles. The molecule has 2 unspecified atom stereocenters. The lowest BCUT2D eigenvalue weighted by molar-refractivity contribution is 0.979. The van der Waals surface area contributed by atoms with Crippen molar-refractivity contribution in [3.63, 3.8) is 0 Å². The normalized spacial score (nSPS) is 27.2. The molecule has 64 valence electrons. The number of hydrogen-bond donors (Lipinski definition) is 1. The van der Waals surface area contributed by atoms with E-state index in [1.54, 1.807) is 0 Å². The molecule has 2 atom stereocenters. The van der Waals surface area contributed by atoms with Crippen LogP contribution in [-0.2, 0) is 0 Å². The lowest BCUT2D eigenvalue weighted by Gasteiger charge is -2.04. The largest absolute Gasteiger partial charge is 0.327 e. The molecule has 0 saturated heterocycles. The summed E-state index contributed by atoms with van der Waals surface area (Å²) in [6.07, 6.45) is 1.15. The monoisotopic (exact) mass is 225 g/mol. The Morgan fingerprint density at radius 2 is 2.17 bits per heavy atom. The van der Waals surface area contributed by atoms with E-state index in [0.717, 1.165) is 10.9 Å². The van der Waals surface area contributed by atoms with Crippen LogP contribution in [0.15, 0.2) is 22.7 Å². The van der Waals surface area contributed by atoms with Gasteiger partial charge in [0.1, 0.15) is 0 Å². The molecule has 2 rings (SSSR count). The fraction of sp³-hybridized carbons (Fsp3) is 0.400. The predicted octanol–water partition coefficient (Wildman–Crippen LogP) is 2.57. The van der Waals surface area contributed by atoms with E-state index in [4.69, 9.17) is 5.73 Å². The zero-order valence-electron chi connectivity index (χ0n) is 7.05. The maximum Gasteiger partial charge on any atom is 0.0178 e. The molecule has 0 bridgehead atoms. The highest BCUT2D eigenvalue weighted by molar-refractivity contribution is 9.10. The van der Waals surface area contributed by atoms with Gasteiger partial charge in [0, 0.05) is 16.4 Å². The topological polar surface area (TPSA) is 26.0 Å². The van der Waals surface area contributed by atoms with E-state index < -0.39 is 0 Å². The molecular formula is C10H12BrN. The summed E-state index contributed by atoms with van der Waals surface area (Å²) in [5, 5.41) is 0. The third-order valence-electron chi connectivity index (χ3n) is 2.48. The zero-order chi connectivity index (χ0) is 8.72. The van der Waals surface area contributed by atoms with E-state index in [2.05, 4.69) is 41.1 Å². The van der Waals surface area contributed by atoms with Crippen LogP contribution in [0, 0.1) is 6.92 Å². The average Bonchev–Trinajstić information content (AvgIpc) is 2.73. The van der Waals surface area contributed by atoms with Crippen LogP contribution in [0.2, 0.25) is 0 Å². The minimum absolute atomic E-state index is 0.401. The Morgan fingerprint density at radius 1 is 1.50 bits per heavy atom. The molecule has 12 heavy (non-hydrogen) atoms. The van der Waals surface area contributed by atoms with Gasteiger partial charge in [-0.1, -0.05) is 22.0 Å². The summed E-state index contributed by atoms with van der Waals surface area (Å²) in [5.74, 6) is 0.613. The van der Waals surface area contributed by atoms with E-state index in [1.807, 2.05) is 0 Å². The van der Waals surface area contributed by atoms with Crippen LogP contribution in [0.25, 0.3) is 0 Å². The van der Waals surface area contributed by atoms with Gasteiger partial charge in [0.2, 0.25) is 0 Å². The Balaban J connectivity index is 2.36. The van der Waals surface area contributed by atoms with Crippen molar-refractivity contribution in [2.45, 2.75) is 25.3 Å². The standard InChI is InChI=1S/C10H12BrN/c1-6-2-3-7(11)4-8(6)9-5-10(9)12/h2-4,9-10H,5,12H2,1H3. The van der Waals surface area contributed by atoms with Crippen LogP contribution in [0.1, 0.15) is 23.5 Å². The van der Waals surface area contributed by atoms with E-state index in [9.17, 15) is 0 Å². The minimum atomic E-state index is 0.401. The summed E-state index contributed by atoms with van der Waals surface area (Å²) < 4.78 is 1.15. The van der Waals surface area contributed by atoms with Gasteiger partial charge < -0.3 is 5.73 Å². The quantitative estimate of drug-likeness (QED) is 0.782. The molecule has 1 saturated carbocycles. The fourth-order valence-corrected chi connectivity index (χ4v) is 1.96. The first kappa shape index (κ1) is 8.27. The van der Waals surface area contributed by atoms with Crippen molar-refractivity contribution in [3.05, 3.63) is 33.8 Å². The Hall–Kier alpha value is -0.340. The summed E-state index contributed by atoms with van der Waals surface area (Å²) in [7, 11) is 0. The van der Waals surface area contributed by atoms with Crippen LogP contribution >= 0.6 is 15.9 Å². The highest BCUT2D eigenvalue weighted by Gasteiger charge is 2.35. The van der Waals surface area contributed by atoms with Crippen LogP contribution in [0.4, 0.5) is 0 Å². The smallest absolute Gasteiger partial charge is 0.0178 e. The minimum Gasteiger partial charge on any atom is -0.327 e. The molecule has 1 fully saturated rings. The Morgan fingerprint density at radius 3 is 2.75 bits per heavy atom. The lowest BCUT2D eigenvalue weighted by atomic mass is 10.0. The molecule has 1 aromatic rings. The lowest BCUT2D eigenvalue weighted by Crippen LogP contribution is -2.01. The van der Waals surface area contributed by atoms with Crippen molar-refractivity contribution >= 4 is 15.9 Å². The van der Waals surface area contributed by atoms with Gasteiger partial charge in [-0.3, -0.25) is 0 Å². The first-order chi connectivity index (χ1) is 5.68. The van der Waals surface area contributed by atoms with Crippen molar-refractivity contribution in [2.75, 3.05) is 0 Å². The third kappa shape index (κ3) is 1.41. The molecule has 1 aliphatic rings. The number of rotatable bonds is 1. The van der Waals surface area contributed by atoms with Gasteiger partial charge in [0.25, 0.3) is 0 Å². The summed E-state index contributed by atoms with van der Waals surface area (Å²) in [6.45, 7) is 2.15. The van der Waals surface area contributed by atoms with Gasteiger partial charge in [0.15, 0.2) is 0 Å². The van der Waals surface area contributed by atoms with Gasteiger partial charge in [-0.15, -0.1) is 0 Å². The first-order valence-corrected chi connectivity index (χ1v) is 4.99. The molecule has 0 radical (unpaired) electrons. The van der Waals surface area contributed by atoms with Crippen molar-refractivity contribution in [2.24, 2.45) is 5.73 Å². The second kappa shape index (κ2) is 2.86. The van der Waals surface area contributed by atoms with E-state index >= 15 is 0 Å². The van der Waals surface area contributed by atoms with E-state index in [0.29, 0.717) is 12.0 Å². The predicted molar refractivity (Wildman–Crippen MR) is 54.2 cm³/mol. The molecule has 1 nitrogen and oxygen atoms in total. The molecule has 1 aliphatic carbocycles. The maximum atomic E-state index is 5.80. The molecule has 0 aromatic heterocycles. The van der Waals surface area contributed by atoms with Crippen molar-refractivity contribution in [1.82, 2.24) is 0 Å². The Bertz CT molecular complexity index is 309. The van der Waals surface area contributed by atoms with Gasteiger partial charge in [0.05, 0.1) is 0 Å². The molecule has 0 spiro atoms. The molecule has 0 amide bonds. The molecule has 0 heterocycles. The van der Waals surface area contributed by atoms with Crippen LogP contribution < -0.4 is 5.73 Å². The van der Waals surface area contributed by atoms with Crippen LogP contribution in [-0.4, -0.2) is 6.04 Å². The van der Waals surface area contributed by atoms with Crippen LogP contribution in [0.3, 0.4) is 0 Å². The fourth-order valence-electron chi connectivity index (χ4n) is 1.58. The van der Waals surface area contributed by atoms with Gasteiger partial charge in [-0.25, -0.2) is 0 Å². The molecule has 2 heteroatoms.